The monoisotopic (exact) mass is 1090 g/mol. The van der Waals surface area contributed by atoms with Crippen molar-refractivity contribution < 1.29 is 185 Å². The highest BCUT2D eigenvalue weighted by molar-refractivity contribution is 7.47. The molecule has 0 aliphatic rings. The fourth-order valence-corrected chi connectivity index (χ4v) is 4.44. The summed E-state index contributed by atoms with van der Waals surface area (Å²) in [5.41, 5.74) is 0. The molecule has 1 unspecified atom stereocenters. The van der Waals surface area contributed by atoms with Crippen LogP contribution in [0.3, 0.4) is 0 Å². The Kier molecular flexibility index (Phi) is 15.6. The Morgan fingerprint density at radius 1 is 0.262 bits per heavy atom. The van der Waals surface area contributed by atoms with Crippen LogP contribution in [0.1, 0.15) is 12.8 Å². The molecule has 0 bridgehead atoms. The smallest absolute Gasteiger partial charge is 0.302 e. The fraction of sp³-hybridized carbons (Fsp3) is 1.00. The van der Waals surface area contributed by atoms with Gasteiger partial charge in [-0.15, -0.1) is 0 Å². The molecule has 65 heavy (non-hydrogen) atoms. The summed E-state index contributed by atoms with van der Waals surface area (Å²) in [6.07, 6.45) is -23.8. The molecule has 4 nitrogen and oxygen atoms in total. The lowest BCUT2D eigenvalue weighted by Crippen LogP contribution is -2.78. The van der Waals surface area contributed by atoms with Crippen molar-refractivity contribution in [3.63, 3.8) is 0 Å². The van der Waals surface area contributed by atoms with E-state index < -0.39 is 141 Å². The first-order valence-electron chi connectivity index (χ1n) is 14.2. The summed E-state index contributed by atoms with van der Waals surface area (Å²) in [5, 5.41) is 0. The van der Waals surface area contributed by atoms with Crippen LogP contribution >= 0.6 is 7.82 Å². The lowest BCUT2D eigenvalue weighted by molar-refractivity contribution is -0.482. The van der Waals surface area contributed by atoms with Crippen molar-refractivity contribution in [3.05, 3.63) is 0 Å². The summed E-state index contributed by atoms with van der Waals surface area (Å²) >= 11 is 0. The standard InChI is InChI=1S/C22H9F38O4P/c23-5(24,1-3-63-65(61,62)64-4-2-6(25,26)8(29,30)10(33,34)17(47,48)19(51,52)21(55,56)57)7(27,28)9(31,32)11(35,36)12(37,38)13(39,40)14(41,42)15(43,44)16(45,46)18(49,50)20(53,54)22(58,59)60/h1-4H2,(H,61,62). The van der Waals surface area contributed by atoms with Crippen LogP contribution in [-0.4, -0.2) is 125 Å². The quantitative estimate of drug-likeness (QED) is 0.0867. The number of phosphoric ester groups is 1. The Hall–Kier alpha value is -2.55. The third kappa shape index (κ3) is 8.76. The lowest BCUT2D eigenvalue weighted by atomic mass is 9.84. The van der Waals surface area contributed by atoms with E-state index in [2.05, 4.69) is 9.05 Å². The van der Waals surface area contributed by atoms with Gasteiger partial charge in [0.1, 0.15) is 0 Å². The zero-order valence-electron chi connectivity index (χ0n) is 28.3. The van der Waals surface area contributed by atoms with E-state index in [4.69, 9.17) is 4.89 Å². The average molecular weight is 1090 g/mol. The van der Waals surface area contributed by atoms with E-state index >= 15 is 0 Å². The van der Waals surface area contributed by atoms with Gasteiger partial charge in [-0.3, -0.25) is 9.05 Å². The minimum atomic E-state index is -9.94. The zero-order valence-corrected chi connectivity index (χ0v) is 29.2. The Morgan fingerprint density at radius 3 is 0.554 bits per heavy atom. The molecule has 0 fully saturated rings. The molecule has 0 aromatic rings. The summed E-state index contributed by atoms with van der Waals surface area (Å²) < 4.78 is 525. The summed E-state index contributed by atoms with van der Waals surface area (Å²) in [4.78, 5) is 8.99. The third-order valence-electron chi connectivity index (χ3n) is 7.70. The van der Waals surface area contributed by atoms with Crippen LogP contribution in [0.4, 0.5) is 167 Å². The van der Waals surface area contributed by atoms with E-state index in [1.54, 1.807) is 0 Å². The molecule has 0 amide bonds. The second-order valence-corrected chi connectivity index (χ2v) is 13.5. The highest BCUT2D eigenvalue weighted by atomic mass is 31.2. The van der Waals surface area contributed by atoms with Gasteiger partial charge in [0, 0.05) is 12.8 Å². The van der Waals surface area contributed by atoms with Gasteiger partial charge in [0.15, 0.2) is 0 Å². The maximum Gasteiger partial charge on any atom is 0.472 e. The van der Waals surface area contributed by atoms with Gasteiger partial charge >= 0.3 is 115 Å². The SMILES string of the molecule is O=P(O)(OCCC(F)(F)C(F)(F)C(F)(F)C(F)(F)C(F)(F)C(F)(F)F)OCCC(F)(F)C(F)(F)C(F)(F)C(F)(F)C(F)(F)C(F)(F)C(F)(F)C(F)(F)C(F)(F)C(F)(F)C(F)(F)C(F)(F)F. The third-order valence-corrected chi connectivity index (χ3v) is 8.72. The van der Waals surface area contributed by atoms with Crippen molar-refractivity contribution in [2.45, 2.75) is 120 Å². The van der Waals surface area contributed by atoms with Gasteiger partial charge in [-0.05, 0) is 0 Å². The summed E-state index contributed by atoms with van der Waals surface area (Å²) in [6.45, 7) is -6.32. The van der Waals surface area contributed by atoms with Crippen molar-refractivity contribution in [2.24, 2.45) is 0 Å². The van der Waals surface area contributed by atoms with Gasteiger partial charge in [-0.1, -0.05) is 0 Å². The second-order valence-electron chi connectivity index (χ2n) is 12.1. The van der Waals surface area contributed by atoms with Crippen molar-refractivity contribution in [3.8, 4) is 0 Å². The van der Waals surface area contributed by atoms with Crippen LogP contribution in [0.25, 0.3) is 0 Å². The first-order valence-corrected chi connectivity index (χ1v) is 15.7. The van der Waals surface area contributed by atoms with Crippen LogP contribution < -0.4 is 0 Å². The van der Waals surface area contributed by atoms with Crippen LogP contribution in [0, 0.1) is 0 Å². The first-order chi connectivity index (χ1) is 27.4. The van der Waals surface area contributed by atoms with E-state index in [0.29, 0.717) is 0 Å². The Morgan fingerprint density at radius 2 is 0.400 bits per heavy atom. The van der Waals surface area contributed by atoms with Crippen molar-refractivity contribution >= 4 is 7.82 Å². The molecular weight excluding hydrogens is 1080 g/mol. The van der Waals surface area contributed by atoms with Crippen molar-refractivity contribution in [1.82, 2.24) is 0 Å². The van der Waals surface area contributed by atoms with Gasteiger partial charge in [-0.25, -0.2) is 4.57 Å². The Balaban J connectivity index is 6.61. The van der Waals surface area contributed by atoms with E-state index in [1.807, 2.05) is 0 Å². The molecule has 43 heteroatoms. The van der Waals surface area contributed by atoms with Crippen molar-refractivity contribution in [1.29, 1.82) is 0 Å². The molecule has 0 aromatic heterocycles. The number of halogens is 38. The molecule has 0 spiro atoms. The molecule has 0 aliphatic heterocycles. The molecule has 1 N–H and O–H groups in total. The number of rotatable bonds is 22. The fourth-order valence-electron chi connectivity index (χ4n) is 3.72. The minimum Gasteiger partial charge on any atom is -0.302 e. The highest BCUT2D eigenvalue weighted by Crippen LogP contribution is 2.68. The Labute approximate surface area is 327 Å². The molecule has 392 valence electrons. The molecule has 0 radical (unpaired) electrons. The number of hydrogen-bond acceptors (Lipinski definition) is 3. The number of phosphoric acid groups is 1. The van der Waals surface area contributed by atoms with Crippen LogP contribution in [0.5, 0.6) is 0 Å². The van der Waals surface area contributed by atoms with E-state index in [0.717, 1.165) is 0 Å². The van der Waals surface area contributed by atoms with E-state index in [1.165, 1.54) is 0 Å². The second kappa shape index (κ2) is 16.3. The maximum atomic E-state index is 14.0. The summed E-state index contributed by atoms with van der Waals surface area (Å²) in [5.74, 6) is -144. The predicted octanol–water partition coefficient (Wildman–Crippen LogP) is 13.2. The molecular formula is C22H9F38O4P. The molecule has 0 saturated heterocycles. The van der Waals surface area contributed by atoms with Gasteiger partial charge in [0.25, 0.3) is 0 Å². The molecule has 1 atom stereocenters. The molecule has 0 saturated carbocycles. The molecule has 0 aromatic carbocycles. The van der Waals surface area contributed by atoms with Crippen LogP contribution in [0.15, 0.2) is 0 Å². The molecule has 0 heterocycles. The highest BCUT2D eigenvalue weighted by Gasteiger charge is 3.00. The maximum absolute atomic E-state index is 14.0. The lowest BCUT2D eigenvalue weighted by Gasteiger charge is -2.45. The van der Waals surface area contributed by atoms with Crippen LogP contribution in [0.2, 0.25) is 0 Å². The van der Waals surface area contributed by atoms with Crippen molar-refractivity contribution in [2.75, 3.05) is 13.2 Å². The summed E-state index contributed by atoms with van der Waals surface area (Å²) in [6, 6.07) is 0. The van der Waals surface area contributed by atoms with Gasteiger partial charge in [0.2, 0.25) is 0 Å². The zero-order chi connectivity index (χ0) is 53.7. The average Bonchev–Trinajstić information content (AvgIpc) is 3.05. The number of hydrogen-bond donors (Lipinski definition) is 1. The summed E-state index contributed by atoms with van der Waals surface area (Å²) in [7, 11) is -6.99. The predicted molar refractivity (Wildman–Crippen MR) is 122 cm³/mol. The topological polar surface area (TPSA) is 55.8 Å². The number of alkyl halides is 38. The minimum absolute atomic E-state index is 2.98. The normalized spacial score (nSPS) is 17.7. The van der Waals surface area contributed by atoms with E-state index in [9.17, 15) is 171 Å². The molecule has 0 rings (SSSR count). The largest absolute Gasteiger partial charge is 0.472 e. The van der Waals surface area contributed by atoms with Gasteiger partial charge in [-0.2, -0.15) is 167 Å². The van der Waals surface area contributed by atoms with Crippen LogP contribution in [-0.2, 0) is 13.6 Å². The van der Waals surface area contributed by atoms with Gasteiger partial charge in [0.05, 0.1) is 13.2 Å². The Bertz CT molecular complexity index is 1720. The van der Waals surface area contributed by atoms with Gasteiger partial charge < -0.3 is 4.89 Å². The van der Waals surface area contributed by atoms with E-state index in [-0.39, 0.29) is 0 Å². The first kappa shape index (κ1) is 62.4. The molecule has 0 aliphatic carbocycles.